The number of nitrogens with one attached hydrogen (secondary N) is 1. The molecule has 4 rings (SSSR count). The molecule has 1 saturated heterocycles. The van der Waals surface area contributed by atoms with Crippen LogP contribution >= 0.6 is 0 Å². The maximum absolute atomic E-state index is 12.5. The number of piperidine rings is 1. The van der Waals surface area contributed by atoms with E-state index in [9.17, 15) is 4.79 Å². The number of hydrogen-bond donors (Lipinski definition) is 1. The zero-order valence-electron chi connectivity index (χ0n) is 16.7. The van der Waals surface area contributed by atoms with E-state index in [1.165, 1.54) is 16.8 Å². The fraction of sp³-hybridized carbons (Fsp3) is 0.478. The molecule has 2 aromatic rings. The van der Waals surface area contributed by atoms with Crippen molar-refractivity contribution in [2.75, 3.05) is 42.5 Å². The van der Waals surface area contributed by atoms with Crippen LogP contribution in [0.4, 0.5) is 11.5 Å². The van der Waals surface area contributed by atoms with Gasteiger partial charge in [-0.05, 0) is 55.9 Å². The third kappa shape index (κ3) is 4.29. The van der Waals surface area contributed by atoms with Gasteiger partial charge in [-0.3, -0.25) is 4.79 Å². The van der Waals surface area contributed by atoms with E-state index < -0.39 is 0 Å². The van der Waals surface area contributed by atoms with Crippen LogP contribution in [0.2, 0.25) is 0 Å². The molecule has 3 heterocycles. The summed E-state index contributed by atoms with van der Waals surface area (Å²) >= 11 is 0. The van der Waals surface area contributed by atoms with Crippen molar-refractivity contribution >= 4 is 17.4 Å². The van der Waals surface area contributed by atoms with E-state index in [1.54, 1.807) is 0 Å². The lowest BCUT2D eigenvalue weighted by Gasteiger charge is -2.32. The molecule has 0 radical (unpaired) electrons. The molecule has 1 N–H and O–H groups in total. The van der Waals surface area contributed by atoms with Gasteiger partial charge in [0.2, 0.25) is 5.91 Å². The van der Waals surface area contributed by atoms with Crippen LogP contribution in [0.3, 0.4) is 0 Å². The second-order valence-corrected chi connectivity index (χ2v) is 7.97. The lowest BCUT2D eigenvalue weighted by atomic mass is 9.96. The molecule has 1 aromatic heterocycles. The molecule has 148 valence electrons. The van der Waals surface area contributed by atoms with E-state index in [1.807, 2.05) is 6.20 Å². The average molecular weight is 379 g/mol. The highest BCUT2D eigenvalue weighted by Gasteiger charge is 2.25. The van der Waals surface area contributed by atoms with Crippen LogP contribution in [0.25, 0.3) is 0 Å². The van der Waals surface area contributed by atoms with Crippen LogP contribution in [0.15, 0.2) is 42.6 Å². The van der Waals surface area contributed by atoms with Gasteiger partial charge in [0.05, 0.1) is 0 Å². The van der Waals surface area contributed by atoms with E-state index in [-0.39, 0.29) is 11.8 Å². The number of para-hydroxylation sites is 1. The molecule has 1 aromatic carbocycles. The first-order valence-electron chi connectivity index (χ1n) is 10.5. The molecule has 0 unspecified atom stereocenters. The van der Waals surface area contributed by atoms with Crippen molar-refractivity contribution in [3.8, 4) is 0 Å². The topological polar surface area (TPSA) is 48.5 Å². The Labute approximate surface area is 167 Å². The number of nitrogens with zero attached hydrogens (tertiary/aromatic N) is 3. The summed E-state index contributed by atoms with van der Waals surface area (Å²) < 4.78 is 0. The van der Waals surface area contributed by atoms with Crippen LogP contribution in [0.1, 0.15) is 30.4 Å². The lowest BCUT2D eigenvalue weighted by molar-refractivity contribution is -0.125. The molecule has 2 aliphatic rings. The van der Waals surface area contributed by atoms with E-state index >= 15 is 0 Å². The molecule has 28 heavy (non-hydrogen) atoms. The third-order valence-electron chi connectivity index (χ3n) is 5.97. The van der Waals surface area contributed by atoms with Crippen LogP contribution in [0.5, 0.6) is 0 Å². The summed E-state index contributed by atoms with van der Waals surface area (Å²) in [6, 6.07) is 12.8. The minimum absolute atomic E-state index is 0.134. The largest absolute Gasteiger partial charge is 0.371 e. The maximum atomic E-state index is 12.5. The van der Waals surface area contributed by atoms with Crippen molar-refractivity contribution in [1.29, 1.82) is 0 Å². The van der Waals surface area contributed by atoms with E-state index in [4.69, 9.17) is 0 Å². The number of carbonyl (C=O) groups is 1. The maximum Gasteiger partial charge on any atom is 0.223 e. The van der Waals surface area contributed by atoms with Crippen molar-refractivity contribution in [1.82, 2.24) is 10.3 Å². The average Bonchev–Trinajstić information content (AvgIpc) is 3.15. The minimum Gasteiger partial charge on any atom is -0.371 e. The zero-order valence-corrected chi connectivity index (χ0v) is 16.7. The molecule has 1 amide bonds. The number of amides is 1. The second kappa shape index (κ2) is 8.63. The van der Waals surface area contributed by atoms with Gasteiger partial charge < -0.3 is 15.1 Å². The lowest BCUT2D eigenvalue weighted by Crippen LogP contribution is -2.41. The standard InChI is InChI=1S/C23H30N4O/c1-18-7-8-22(25-17-18)27-15-10-20(11-16-27)23(28)24-12-4-13-26-14-9-19-5-2-3-6-21(19)26/h2-3,5-8,17,20H,4,9-16H2,1H3,(H,24,28). The van der Waals surface area contributed by atoms with Gasteiger partial charge in [-0.15, -0.1) is 0 Å². The monoisotopic (exact) mass is 378 g/mol. The van der Waals surface area contributed by atoms with Crippen LogP contribution in [-0.4, -0.2) is 43.6 Å². The number of anilines is 2. The Bertz CT molecular complexity index is 797. The number of fused-ring (bicyclic) bond motifs is 1. The van der Waals surface area contributed by atoms with E-state index in [0.717, 1.165) is 64.2 Å². The number of hydrogen-bond acceptors (Lipinski definition) is 4. The highest BCUT2D eigenvalue weighted by molar-refractivity contribution is 5.79. The Balaban J connectivity index is 1.17. The number of aromatic nitrogens is 1. The molecule has 0 bridgehead atoms. The Hall–Kier alpha value is -2.56. The van der Waals surface area contributed by atoms with Crippen molar-refractivity contribution in [2.24, 2.45) is 5.92 Å². The predicted molar refractivity (Wildman–Crippen MR) is 114 cm³/mol. The molecular weight excluding hydrogens is 348 g/mol. The Morgan fingerprint density at radius 1 is 1.14 bits per heavy atom. The molecular formula is C23H30N4O. The van der Waals surface area contributed by atoms with Gasteiger partial charge in [0.25, 0.3) is 0 Å². The van der Waals surface area contributed by atoms with Gasteiger partial charge in [-0.2, -0.15) is 0 Å². The van der Waals surface area contributed by atoms with Gasteiger partial charge >= 0.3 is 0 Å². The second-order valence-electron chi connectivity index (χ2n) is 7.97. The van der Waals surface area contributed by atoms with Gasteiger partial charge in [-0.1, -0.05) is 24.3 Å². The van der Waals surface area contributed by atoms with Crippen molar-refractivity contribution in [2.45, 2.75) is 32.6 Å². The number of pyridine rings is 1. The molecule has 1 fully saturated rings. The first kappa shape index (κ1) is 18.8. The zero-order chi connectivity index (χ0) is 19.3. The molecule has 5 nitrogen and oxygen atoms in total. The summed E-state index contributed by atoms with van der Waals surface area (Å²) in [7, 11) is 0. The molecule has 0 spiro atoms. The minimum atomic E-state index is 0.134. The van der Waals surface area contributed by atoms with Crippen molar-refractivity contribution < 1.29 is 4.79 Å². The fourth-order valence-electron chi connectivity index (χ4n) is 4.28. The van der Waals surface area contributed by atoms with E-state index in [2.05, 4.69) is 63.4 Å². The van der Waals surface area contributed by atoms with Crippen molar-refractivity contribution in [3.63, 3.8) is 0 Å². The smallest absolute Gasteiger partial charge is 0.223 e. The normalized spacial score (nSPS) is 16.9. The quantitative estimate of drug-likeness (QED) is 0.785. The van der Waals surface area contributed by atoms with Crippen LogP contribution in [0, 0.1) is 12.8 Å². The number of benzene rings is 1. The van der Waals surface area contributed by atoms with Crippen molar-refractivity contribution in [3.05, 3.63) is 53.7 Å². The highest BCUT2D eigenvalue weighted by atomic mass is 16.1. The van der Waals surface area contributed by atoms with Crippen LogP contribution in [-0.2, 0) is 11.2 Å². The first-order valence-corrected chi connectivity index (χ1v) is 10.5. The van der Waals surface area contributed by atoms with Gasteiger partial charge in [0.1, 0.15) is 5.82 Å². The summed E-state index contributed by atoms with van der Waals surface area (Å²) in [5.74, 6) is 1.38. The van der Waals surface area contributed by atoms with Gasteiger partial charge in [0, 0.05) is 50.5 Å². The number of rotatable bonds is 6. The SMILES string of the molecule is Cc1ccc(N2CCC(C(=O)NCCCN3CCc4ccccc43)CC2)nc1. The Morgan fingerprint density at radius 2 is 1.96 bits per heavy atom. The molecule has 5 heteroatoms. The molecule has 0 atom stereocenters. The summed E-state index contributed by atoms with van der Waals surface area (Å²) in [6.45, 7) is 6.72. The summed E-state index contributed by atoms with van der Waals surface area (Å²) in [5, 5.41) is 3.16. The highest BCUT2D eigenvalue weighted by Crippen LogP contribution is 2.27. The molecule has 0 saturated carbocycles. The van der Waals surface area contributed by atoms with E-state index in [0.29, 0.717) is 0 Å². The molecule has 2 aliphatic heterocycles. The van der Waals surface area contributed by atoms with Gasteiger partial charge in [-0.25, -0.2) is 4.98 Å². The summed E-state index contributed by atoms with van der Waals surface area (Å²) in [5.41, 5.74) is 3.99. The first-order chi connectivity index (χ1) is 13.7. The predicted octanol–water partition coefficient (Wildman–Crippen LogP) is 3.18. The third-order valence-corrected chi connectivity index (χ3v) is 5.97. The summed E-state index contributed by atoms with van der Waals surface area (Å²) in [6.07, 6.45) is 5.85. The summed E-state index contributed by atoms with van der Waals surface area (Å²) in [4.78, 5) is 21.8. The fourth-order valence-corrected chi connectivity index (χ4v) is 4.28. The Kier molecular flexibility index (Phi) is 5.79. The van der Waals surface area contributed by atoms with Gasteiger partial charge in [0.15, 0.2) is 0 Å². The molecule has 0 aliphatic carbocycles. The number of aryl methyl sites for hydroxylation is 1. The Morgan fingerprint density at radius 3 is 2.75 bits per heavy atom. The number of carbonyl (C=O) groups excluding carboxylic acids is 1. The van der Waals surface area contributed by atoms with Crippen LogP contribution < -0.4 is 15.1 Å².